The Morgan fingerprint density at radius 1 is 1.50 bits per heavy atom. The van der Waals surface area contributed by atoms with Crippen LogP contribution in [-0.4, -0.2) is 11.8 Å². The number of rotatable bonds is 1. The zero-order chi connectivity index (χ0) is 10.1. The van der Waals surface area contributed by atoms with Crippen LogP contribution in [-0.2, 0) is 0 Å². The van der Waals surface area contributed by atoms with Gasteiger partial charge in [0.2, 0.25) is 0 Å². The molecule has 1 aromatic rings. The zero-order valence-electron chi connectivity index (χ0n) is 7.93. The van der Waals surface area contributed by atoms with Crippen molar-refractivity contribution in [2.24, 2.45) is 4.99 Å². The Morgan fingerprint density at radius 2 is 2.29 bits per heavy atom. The van der Waals surface area contributed by atoms with Gasteiger partial charge in [-0.1, -0.05) is 17.7 Å². The second-order valence-corrected chi connectivity index (χ2v) is 4.00. The average Bonchev–Trinajstić information content (AvgIpc) is 2.57. The molecule has 1 nitrogen and oxygen atoms in total. The number of nitrogens with zero attached hydrogens (tertiary/aromatic N) is 1. The lowest BCUT2D eigenvalue weighted by molar-refractivity contribution is 0.628. The van der Waals surface area contributed by atoms with Crippen molar-refractivity contribution < 1.29 is 4.39 Å². The smallest absolute Gasteiger partial charge is 0.141 e. The van der Waals surface area contributed by atoms with Crippen LogP contribution in [0.1, 0.15) is 25.3 Å². The van der Waals surface area contributed by atoms with E-state index < -0.39 is 0 Å². The van der Waals surface area contributed by atoms with Crippen molar-refractivity contribution >= 4 is 17.3 Å². The molecule has 0 radical (unpaired) electrons. The lowest BCUT2D eigenvalue weighted by Crippen LogP contribution is -1.96. The van der Waals surface area contributed by atoms with Crippen molar-refractivity contribution in [3.63, 3.8) is 0 Å². The second kappa shape index (κ2) is 3.70. The van der Waals surface area contributed by atoms with E-state index in [4.69, 9.17) is 11.6 Å². The number of hydrogen-bond acceptors (Lipinski definition) is 1. The van der Waals surface area contributed by atoms with Gasteiger partial charge in [-0.2, -0.15) is 0 Å². The molecule has 3 heteroatoms. The van der Waals surface area contributed by atoms with Crippen molar-refractivity contribution in [1.29, 1.82) is 0 Å². The van der Waals surface area contributed by atoms with Crippen molar-refractivity contribution in [3.8, 4) is 0 Å². The van der Waals surface area contributed by atoms with E-state index in [2.05, 4.69) is 11.9 Å². The summed E-state index contributed by atoms with van der Waals surface area (Å²) < 4.78 is 12.9. The Kier molecular flexibility index (Phi) is 2.55. The van der Waals surface area contributed by atoms with Crippen LogP contribution in [0, 0.1) is 5.82 Å². The molecule has 14 heavy (non-hydrogen) atoms. The van der Waals surface area contributed by atoms with Gasteiger partial charge in [0, 0.05) is 11.8 Å². The standard InChI is InChI=1S/C11H11ClFN/c1-7-2-5-11(14-7)8-3-4-10(13)9(12)6-8/h3-4,6-7H,2,5H2,1H3/t7-/m0/s1. The van der Waals surface area contributed by atoms with Gasteiger partial charge in [0.05, 0.1) is 5.02 Å². The van der Waals surface area contributed by atoms with Crippen LogP contribution in [0.5, 0.6) is 0 Å². The first kappa shape index (κ1) is 9.66. The van der Waals surface area contributed by atoms with E-state index in [1.54, 1.807) is 12.1 Å². The van der Waals surface area contributed by atoms with Crippen LogP contribution >= 0.6 is 11.6 Å². The van der Waals surface area contributed by atoms with E-state index in [1.165, 1.54) is 6.07 Å². The lowest BCUT2D eigenvalue weighted by atomic mass is 10.1. The van der Waals surface area contributed by atoms with Gasteiger partial charge in [0.15, 0.2) is 0 Å². The van der Waals surface area contributed by atoms with E-state index in [1.807, 2.05) is 0 Å². The maximum Gasteiger partial charge on any atom is 0.141 e. The molecular formula is C11H11ClFN. The molecule has 0 saturated heterocycles. The summed E-state index contributed by atoms with van der Waals surface area (Å²) in [6.45, 7) is 2.08. The maximum absolute atomic E-state index is 12.9. The molecule has 0 amide bonds. The third-order valence-electron chi connectivity index (χ3n) is 2.43. The van der Waals surface area contributed by atoms with Gasteiger partial charge >= 0.3 is 0 Å². The van der Waals surface area contributed by atoms with Crippen LogP contribution in [0.25, 0.3) is 0 Å². The highest BCUT2D eigenvalue weighted by Gasteiger charge is 2.15. The highest BCUT2D eigenvalue weighted by Crippen LogP contribution is 2.22. The molecule has 0 N–H and O–H groups in total. The fourth-order valence-corrected chi connectivity index (χ4v) is 1.82. The molecule has 0 aromatic heterocycles. The van der Waals surface area contributed by atoms with Crippen LogP contribution in [0.3, 0.4) is 0 Å². The summed E-state index contributed by atoms with van der Waals surface area (Å²) >= 11 is 5.70. The number of halogens is 2. The molecule has 1 atom stereocenters. The Labute approximate surface area is 87.6 Å². The van der Waals surface area contributed by atoms with E-state index in [0.717, 1.165) is 24.1 Å². The summed E-state index contributed by atoms with van der Waals surface area (Å²) in [6, 6.07) is 5.16. The molecule has 0 fully saturated rings. The highest BCUT2D eigenvalue weighted by molar-refractivity contribution is 6.31. The summed E-state index contributed by atoms with van der Waals surface area (Å²) in [5, 5.41) is 0.171. The van der Waals surface area contributed by atoms with Crippen molar-refractivity contribution in [2.75, 3.05) is 0 Å². The van der Waals surface area contributed by atoms with Gasteiger partial charge in [0.1, 0.15) is 5.82 Å². The summed E-state index contributed by atoms with van der Waals surface area (Å²) in [7, 11) is 0. The average molecular weight is 212 g/mol. The molecule has 1 heterocycles. The van der Waals surface area contributed by atoms with Crippen LogP contribution in [0.2, 0.25) is 5.02 Å². The summed E-state index contributed by atoms with van der Waals surface area (Å²) in [5.41, 5.74) is 1.99. The molecule has 1 aliphatic rings. The summed E-state index contributed by atoms with van der Waals surface area (Å²) in [6.07, 6.45) is 2.04. The molecule has 2 rings (SSSR count). The third-order valence-corrected chi connectivity index (χ3v) is 2.72. The van der Waals surface area contributed by atoms with Crippen molar-refractivity contribution in [2.45, 2.75) is 25.8 Å². The minimum Gasteiger partial charge on any atom is -0.286 e. The zero-order valence-corrected chi connectivity index (χ0v) is 8.68. The normalized spacial score (nSPS) is 21.1. The predicted molar refractivity (Wildman–Crippen MR) is 56.6 cm³/mol. The molecular weight excluding hydrogens is 201 g/mol. The fraction of sp³-hybridized carbons (Fsp3) is 0.364. The topological polar surface area (TPSA) is 12.4 Å². The quantitative estimate of drug-likeness (QED) is 0.675. The van der Waals surface area contributed by atoms with Crippen molar-refractivity contribution in [1.82, 2.24) is 0 Å². The first-order chi connectivity index (χ1) is 6.66. The van der Waals surface area contributed by atoms with Crippen molar-refractivity contribution in [3.05, 3.63) is 34.6 Å². The van der Waals surface area contributed by atoms with Gasteiger partial charge in [-0.3, -0.25) is 4.99 Å². The lowest BCUT2D eigenvalue weighted by Gasteiger charge is -2.01. The molecule has 0 bridgehead atoms. The maximum atomic E-state index is 12.9. The minimum absolute atomic E-state index is 0.171. The SMILES string of the molecule is C[C@H]1CCC(c2ccc(F)c(Cl)c2)=N1. The predicted octanol–water partition coefficient (Wildman–Crippen LogP) is 3.45. The summed E-state index contributed by atoms with van der Waals surface area (Å²) in [5.74, 6) is -0.373. The Hall–Kier alpha value is -0.890. The molecule has 0 unspecified atom stereocenters. The van der Waals surface area contributed by atoms with Crippen LogP contribution < -0.4 is 0 Å². The fourth-order valence-electron chi connectivity index (χ4n) is 1.64. The number of hydrogen-bond donors (Lipinski definition) is 0. The number of aliphatic imine (C=N–C) groups is 1. The Balaban J connectivity index is 2.34. The van der Waals surface area contributed by atoms with Gasteiger partial charge in [-0.05, 0) is 37.5 Å². The van der Waals surface area contributed by atoms with E-state index >= 15 is 0 Å². The second-order valence-electron chi connectivity index (χ2n) is 3.59. The minimum atomic E-state index is -0.373. The third kappa shape index (κ3) is 1.80. The van der Waals surface area contributed by atoms with E-state index in [-0.39, 0.29) is 10.8 Å². The van der Waals surface area contributed by atoms with Crippen LogP contribution in [0.4, 0.5) is 4.39 Å². The van der Waals surface area contributed by atoms with Crippen LogP contribution in [0.15, 0.2) is 23.2 Å². The molecule has 1 aliphatic heterocycles. The van der Waals surface area contributed by atoms with Gasteiger partial charge in [-0.25, -0.2) is 4.39 Å². The van der Waals surface area contributed by atoms with E-state index in [9.17, 15) is 4.39 Å². The monoisotopic (exact) mass is 211 g/mol. The Morgan fingerprint density at radius 3 is 2.86 bits per heavy atom. The Bertz CT molecular complexity index is 387. The molecule has 0 spiro atoms. The van der Waals surface area contributed by atoms with Gasteiger partial charge in [-0.15, -0.1) is 0 Å². The largest absolute Gasteiger partial charge is 0.286 e. The number of benzene rings is 1. The molecule has 74 valence electrons. The molecule has 0 saturated carbocycles. The highest BCUT2D eigenvalue weighted by atomic mass is 35.5. The first-order valence-corrected chi connectivity index (χ1v) is 5.06. The molecule has 1 aromatic carbocycles. The first-order valence-electron chi connectivity index (χ1n) is 4.69. The summed E-state index contributed by atoms with van der Waals surface area (Å²) in [4.78, 5) is 4.47. The van der Waals surface area contributed by atoms with Gasteiger partial charge in [0.25, 0.3) is 0 Å². The van der Waals surface area contributed by atoms with E-state index in [0.29, 0.717) is 6.04 Å². The molecule has 0 aliphatic carbocycles. The van der Waals surface area contributed by atoms with Gasteiger partial charge < -0.3 is 0 Å².